The van der Waals surface area contributed by atoms with E-state index in [1.165, 1.54) is 6.42 Å². The predicted molar refractivity (Wildman–Crippen MR) is 80.4 cm³/mol. The van der Waals surface area contributed by atoms with Crippen molar-refractivity contribution in [1.29, 1.82) is 0 Å². The molecule has 1 unspecified atom stereocenters. The number of amides is 1. The van der Waals surface area contributed by atoms with E-state index >= 15 is 0 Å². The fourth-order valence-electron chi connectivity index (χ4n) is 2.25. The van der Waals surface area contributed by atoms with E-state index in [4.69, 9.17) is 4.74 Å². The normalized spacial score (nSPS) is 16.4. The van der Waals surface area contributed by atoms with Crippen LogP contribution in [0.1, 0.15) is 50.4 Å². The Kier molecular flexibility index (Phi) is 5.17. The molecule has 0 aliphatic heterocycles. The van der Waals surface area contributed by atoms with Crippen molar-refractivity contribution in [3.05, 3.63) is 23.9 Å². The van der Waals surface area contributed by atoms with Crippen LogP contribution in [0, 0.1) is 0 Å². The molecule has 1 aliphatic carbocycles. The molecular weight excluding hydrogens is 268 g/mol. The number of carbonyl (C=O) groups excluding carboxylic acids is 1. The second-order valence-corrected chi connectivity index (χ2v) is 5.95. The van der Waals surface area contributed by atoms with Gasteiger partial charge in [0.05, 0.1) is 6.10 Å². The van der Waals surface area contributed by atoms with Gasteiger partial charge >= 0.3 is 0 Å². The van der Waals surface area contributed by atoms with Crippen molar-refractivity contribution in [3.63, 3.8) is 0 Å². The summed E-state index contributed by atoms with van der Waals surface area (Å²) in [6, 6.07) is 3.40. The van der Waals surface area contributed by atoms with Gasteiger partial charge in [0.15, 0.2) is 0 Å². The molecule has 0 spiro atoms. The summed E-state index contributed by atoms with van der Waals surface area (Å²) in [6.45, 7) is 5.87. The van der Waals surface area contributed by atoms with E-state index in [9.17, 15) is 9.90 Å². The first-order valence-electron chi connectivity index (χ1n) is 7.59. The average Bonchev–Trinajstić information content (AvgIpc) is 2.39. The van der Waals surface area contributed by atoms with Gasteiger partial charge in [0, 0.05) is 30.4 Å². The summed E-state index contributed by atoms with van der Waals surface area (Å²) in [5, 5.41) is 9.55. The number of hydrogen-bond acceptors (Lipinski definition) is 4. The molecule has 1 saturated carbocycles. The Labute approximate surface area is 125 Å². The standard InChI is InChI=1S/C16H24N2O3/c1-11(2)18(10-12(3)19)16(20)13-7-8-17-15(9-13)21-14-5-4-6-14/h7-9,11-12,14,19H,4-6,10H2,1-3H3. The van der Waals surface area contributed by atoms with E-state index in [-0.39, 0.29) is 18.1 Å². The SMILES string of the molecule is CC(O)CN(C(=O)c1ccnc(OC2CCC2)c1)C(C)C. The lowest BCUT2D eigenvalue weighted by Crippen LogP contribution is -2.41. The summed E-state index contributed by atoms with van der Waals surface area (Å²) < 4.78 is 5.73. The van der Waals surface area contributed by atoms with Crippen LogP contribution in [0.3, 0.4) is 0 Å². The summed E-state index contributed by atoms with van der Waals surface area (Å²) >= 11 is 0. The van der Waals surface area contributed by atoms with Crippen LogP contribution in [-0.2, 0) is 0 Å². The summed E-state index contributed by atoms with van der Waals surface area (Å²) in [5.74, 6) is 0.401. The lowest BCUT2D eigenvalue weighted by atomic mass is 9.96. The van der Waals surface area contributed by atoms with Crippen molar-refractivity contribution in [2.75, 3.05) is 6.54 Å². The average molecular weight is 292 g/mol. The minimum absolute atomic E-state index is 0.0243. The van der Waals surface area contributed by atoms with E-state index in [1.54, 1.807) is 30.2 Å². The summed E-state index contributed by atoms with van der Waals surface area (Å²) in [6.07, 6.45) is 4.59. The number of carbonyl (C=O) groups is 1. The van der Waals surface area contributed by atoms with Gasteiger partial charge in [0.25, 0.3) is 5.91 Å². The molecule has 116 valence electrons. The van der Waals surface area contributed by atoms with Gasteiger partial charge in [-0.25, -0.2) is 4.98 Å². The van der Waals surface area contributed by atoms with Gasteiger partial charge < -0.3 is 14.7 Å². The molecule has 1 aromatic rings. The monoisotopic (exact) mass is 292 g/mol. The molecule has 2 rings (SSSR count). The van der Waals surface area contributed by atoms with Gasteiger partial charge in [-0.3, -0.25) is 4.79 Å². The second-order valence-electron chi connectivity index (χ2n) is 5.95. The maximum Gasteiger partial charge on any atom is 0.254 e. The van der Waals surface area contributed by atoms with Crippen molar-refractivity contribution in [2.24, 2.45) is 0 Å². The molecule has 1 fully saturated rings. The lowest BCUT2D eigenvalue weighted by Gasteiger charge is -2.28. The molecule has 5 heteroatoms. The Bertz CT molecular complexity index is 484. The summed E-state index contributed by atoms with van der Waals surface area (Å²) in [4.78, 5) is 18.4. The van der Waals surface area contributed by atoms with E-state index in [0.717, 1.165) is 12.8 Å². The second kappa shape index (κ2) is 6.89. The predicted octanol–water partition coefficient (Wildman–Crippen LogP) is 2.24. The maximum absolute atomic E-state index is 12.6. The van der Waals surface area contributed by atoms with Crippen LogP contribution in [0.2, 0.25) is 0 Å². The van der Waals surface area contributed by atoms with Crippen molar-refractivity contribution in [3.8, 4) is 5.88 Å². The summed E-state index contributed by atoms with van der Waals surface area (Å²) in [7, 11) is 0. The smallest absolute Gasteiger partial charge is 0.254 e. The van der Waals surface area contributed by atoms with E-state index in [2.05, 4.69) is 4.98 Å². The molecule has 0 saturated heterocycles. The molecular formula is C16H24N2O3. The molecule has 5 nitrogen and oxygen atoms in total. The molecule has 1 heterocycles. The number of aromatic nitrogens is 1. The number of rotatable bonds is 6. The van der Waals surface area contributed by atoms with Gasteiger partial charge in [-0.05, 0) is 46.1 Å². The van der Waals surface area contributed by atoms with Crippen molar-refractivity contribution in [2.45, 2.75) is 58.3 Å². The fourth-order valence-corrected chi connectivity index (χ4v) is 2.25. The number of hydrogen-bond donors (Lipinski definition) is 1. The number of aliphatic hydroxyl groups is 1. The van der Waals surface area contributed by atoms with Crippen LogP contribution in [0.4, 0.5) is 0 Å². The third-order valence-corrected chi connectivity index (χ3v) is 3.67. The Hall–Kier alpha value is -1.62. The zero-order chi connectivity index (χ0) is 15.4. The highest BCUT2D eigenvalue weighted by Crippen LogP contribution is 2.24. The van der Waals surface area contributed by atoms with E-state index < -0.39 is 6.10 Å². The Balaban J connectivity index is 2.10. The number of aliphatic hydroxyl groups excluding tert-OH is 1. The highest BCUT2D eigenvalue weighted by atomic mass is 16.5. The minimum Gasteiger partial charge on any atom is -0.474 e. The first kappa shape index (κ1) is 15.8. The van der Waals surface area contributed by atoms with Crippen LogP contribution >= 0.6 is 0 Å². The molecule has 1 aliphatic rings. The highest BCUT2D eigenvalue weighted by Gasteiger charge is 2.23. The maximum atomic E-state index is 12.6. The molecule has 1 atom stereocenters. The Morgan fingerprint density at radius 1 is 1.48 bits per heavy atom. The molecule has 0 bridgehead atoms. The van der Waals surface area contributed by atoms with Crippen LogP contribution in [0.5, 0.6) is 5.88 Å². The Morgan fingerprint density at radius 3 is 2.71 bits per heavy atom. The first-order valence-corrected chi connectivity index (χ1v) is 7.59. The molecule has 0 radical (unpaired) electrons. The molecule has 1 amide bonds. The molecule has 0 aromatic carbocycles. The van der Waals surface area contributed by atoms with E-state index in [1.807, 2.05) is 13.8 Å². The van der Waals surface area contributed by atoms with Crippen LogP contribution in [0.25, 0.3) is 0 Å². The first-order chi connectivity index (χ1) is 9.97. The van der Waals surface area contributed by atoms with E-state index in [0.29, 0.717) is 18.0 Å². The summed E-state index contributed by atoms with van der Waals surface area (Å²) in [5.41, 5.74) is 0.550. The van der Waals surface area contributed by atoms with Gasteiger partial charge in [0.2, 0.25) is 5.88 Å². The zero-order valence-corrected chi connectivity index (χ0v) is 13.0. The van der Waals surface area contributed by atoms with Crippen LogP contribution < -0.4 is 4.74 Å². The molecule has 21 heavy (non-hydrogen) atoms. The molecule has 1 N–H and O–H groups in total. The van der Waals surface area contributed by atoms with Gasteiger partial charge in [0.1, 0.15) is 6.10 Å². The molecule has 1 aromatic heterocycles. The largest absolute Gasteiger partial charge is 0.474 e. The van der Waals surface area contributed by atoms with Crippen molar-refractivity contribution in [1.82, 2.24) is 9.88 Å². The number of pyridine rings is 1. The Morgan fingerprint density at radius 2 is 2.19 bits per heavy atom. The number of nitrogens with zero attached hydrogens (tertiary/aromatic N) is 2. The highest BCUT2D eigenvalue weighted by molar-refractivity contribution is 5.94. The third-order valence-electron chi connectivity index (χ3n) is 3.67. The fraction of sp³-hybridized carbons (Fsp3) is 0.625. The van der Waals surface area contributed by atoms with Gasteiger partial charge in [-0.2, -0.15) is 0 Å². The van der Waals surface area contributed by atoms with Gasteiger partial charge in [-0.15, -0.1) is 0 Å². The quantitative estimate of drug-likeness (QED) is 0.873. The lowest BCUT2D eigenvalue weighted by molar-refractivity contribution is 0.0577. The van der Waals surface area contributed by atoms with Crippen molar-refractivity contribution < 1.29 is 14.6 Å². The van der Waals surface area contributed by atoms with Crippen LogP contribution in [0.15, 0.2) is 18.3 Å². The topological polar surface area (TPSA) is 62.7 Å². The van der Waals surface area contributed by atoms with Gasteiger partial charge in [-0.1, -0.05) is 0 Å². The van der Waals surface area contributed by atoms with Crippen molar-refractivity contribution >= 4 is 5.91 Å². The third kappa shape index (κ3) is 4.17. The number of ether oxygens (including phenoxy) is 1. The zero-order valence-electron chi connectivity index (χ0n) is 13.0. The minimum atomic E-state index is -0.552. The van der Waals surface area contributed by atoms with Crippen LogP contribution in [-0.4, -0.2) is 45.7 Å².